The monoisotopic (exact) mass is 407 g/mol. The third kappa shape index (κ3) is 7.25. The van der Waals surface area contributed by atoms with E-state index in [1.54, 1.807) is 36.4 Å². The van der Waals surface area contributed by atoms with Gasteiger partial charge < -0.3 is 19.7 Å². The standard InChI is InChI=1S/C21H20O6.K/c1-26-20-11-14(5-9-18(20)24)3-7-16(22)13-17(23)8-4-15-6-10-19(25)21(12-15)27-2;/h3-12,24-25H,13H2,1-2H3;/b7-3+,8-4+;. The van der Waals surface area contributed by atoms with E-state index < -0.39 is 0 Å². The second kappa shape index (κ2) is 11.8. The second-order valence-corrected chi connectivity index (χ2v) is 5.64. The van der Waals surface area contributed by atoms with Crippen molar-refractivity contribution in [3.63, 3.8) is 0 Å². The van der Waals surface area contributed by atoms with E-state index in [-0.39, 0.29) is 80.9 Å². The SMILES string of the molecule is COc1cc(/C=C/C(=O)CC(=O)/C=C/c2ccc(O)c(OC)c2)ccc1O.[K]. The quantitative estimate of drug-likeness (QED) is 0.397. The zero-order chi connectivity index (χ0) is 19.8. The molecule has 1 radical (unpaired) electrons. The topological polar surface area (TPSA) is 93.1 Å². The molecule has 28 heavy (non-hydrogen) atoms. The van der Waals surface area contributed by atoms with E-state index in [0.29, 0.717) is 22.6 Å². The van der Waals surface area contributed by atoms with Crippen molar-refractivity contribution in [3.05, 3.63) is 59.7 Å². The van der Waals surface area contributed by atoms with Gasteiger partial charge in [-0.1, -0.05) is 24.3 Å². The number of ether oxygens (including phenoxy) is 2. The van der Waals surface area contributed by atoms with Crippen LogP contribution in [0, 0.1) is 0 Å². The van der Waals surface area contributed by atoms with Crippen molar-refractivity contribution in [3.8, 4) is 23.0 Å². The van der Waals surface area contributed by atoms with Gasteiger partial charge in [-0.2, -0.15) is 0 Å². The fraction of sp³-hybridized carbons (Fsp3) is 0.143. The van der Waals surface area contributed by atoms with Crippen LogP contribution in [0.1, 0.15) is 17.5 Å². The van der Waals surface area contributed by atoms with Crippen LogP contribution in [-0.2, 0) is 9.59 Å². The number of hydrogen-bond acceptors (Lipinski definition) is 6. The van der Waals surface area contributed by atoms with E-state index in [1.165, 1.54) is 38.5 Å². The predicted octanol–water partition coefficient (Wildman–Crippen LogP) is 2.99. The maximum Gasteiger partial charge on any atom is 0.163 e. The van der Waals surface area contributed by atoms with Crippen molar-refractivity contribution < 1.29 is 29.3 Å². The van der Waals surface area contributed by atoms with Crippen LogP contribution in [-0.4, -0.2) is 87.4 Å². The average molecular weight is 407 g/mol. The van der Waals surface area contributed by atoms with Crippen LogP contribution in [0.4, 0.5) is 0 Å². The largest absolute Gasteiger partial charge is 0.504 e. The summed E-state index contributed by atoms with van der Waals surface area (Å²) in [5.41, 5.74) is 1.33. The zero-order valence-corrected chi connectivity index (χ0v) is 19.1. The molecule has 0 heterocycles. The molecule has 0 aliphatic carbocycles. The summed E-state index contributed by atoms with van der Waals surface area (Å²) in [6.07, 6.45) is 5.44. The molecule has 0 aliphatic rings. The number of ketones is 2. The van der Waals surface area contributed by atoms with E-state index in [0.717, 1.165) is 0 Å². The minimum Gasteiger partial charge on any atom is -0.504 e. The van der Waals surface area contributed by atoms with E-state index in [2.05, 4.69) is 0 Å². The van der Waals surface area contributed by atoms with Gasteiger partial charge in [0.1, 0.15) is 0 Å². The van der Waals surface area contributed by atoms with Gasteiger partial charge in [0.15, 0.2) is 34.6 Å². The number of rotatable bonds is 8. The third-order valence-corrected chi connectivity index (χ3v) is 3.68. The molecule has 0 spiro atoms. The van der Waals surface area contributed by atoms with Crippen molar-refractivity contribution in [2.24, 2.45) is 0 Å². The number of phenolic OH excluding ortho intramolecular Hbond substituents is 2. The number of methoxy groups -OCH3 is 2. The second-order valence-electron chi connectivity index (χ2n) is 5.64. The molecule has 7 heteroatoms. The van der Waals surface area contributed by atoms with Gasteiger partial charge in [0, 0.05) is 51.4 Å². The molecule has 0 unspecified atom stereocenters. The van der Waals surface area contributed by atoms with Crippen LogP contribution in [0.3, 0.4) is 0 Å². The van der Waals surface area contributed by atoms with Crippen LogP contribution in [0.2, 0.25) is 0 Å². The first kappa shape index (κ1) is 24.1. The first-order valence-electron chi connectivity index (χ1n) is 8.08. The summed E-state index contributed by atoms with van der Waals surface area (Å²) in [6, 6.07) is 9.34. The Kier molecular flexibility index (Phi) is 10.2. The van der Waals surface area contributed by atoms with Crippen LogP contribution in [0.5, 0.6) is 23.0 Å². The molecule has 0 atom stereocenters. The van der Waals surface area contributed by atoms with Crippen LogP contribution in [0.25, 0.3) is 12.2 Å². The summed E-state index contributed by atoms with van der Waals surface area (Å²) in [4.78, 5) is 23.9. The Morgan fingerprint density at radius 3 is 1.57 bits per heavy atom. The summed E-state index contributed by atoms with van der Waals surface area (Å²) in [5, 5.41) is 19.1. The molecular weight excluding hydrogens is 387 g/mol. The Labute approximate surface area is 205 Å². The Balaban J connectivity index is 0.00000392. The van der Waals surface area contributed by atoms with Crippen LogP contribution in [0.15, 0.2) is 48.6 Å². The van der Waals surface area contributed by atoms with Gasteiger partial charge in [0.05, 0.1) is 20.6 Å². The van der Waals surface area contributed by atoms with Gasteiger partial charge in [-0.25, -0.2) is 0 Å². The molecule has 0 saturated carbocycles. The molecule has 2 aromatic carbocycles. The molecule has 0 aromatic heterocycles. The van der Waals surface area contributed by atoms with Crippen LogP contribution < -0.4 is 9.47 Å². The van der Waals surface area contributed by atoms with Gasteiger partial charge in [-0.3, -0.25) is 9.59 Å². The number of carbonyl (C=O) groups is 2. The molecule has 0 saturated heterocycles. The van der Waals surface area contributed by atoms with Crippen molar-refractivity contribution >= 4 is 75.1 Å². The van der Waals surface area contributed by atoms with Crippen molar-refractivity contribution in [2.45, 2.75) is 6.42 Å². The van der Waals surface area contributed by atoms with Gasteiger partial charge >= 0.3 is 0 Å². The number of carbonyl (C=O) groups excluding carboxylic acids is 2. The summed E-state index contributed by atoms with van der Waals surface area (Å²) >= 11 is 0. The number of allylic oxidation sites excluding steroid dienone is 2. The van der Waals surface area contributed by atoms with Gasteiger partial charge in [-0.05, 0) is 47.5 Å². The van der Waals surface area contributed by atoms with E-state index in [9.17, 15) is 19.8 Å². The Morgan fingerprint density at radius 1 is 0.821 bits per heavy atom. The summed E-state index contributed by atoms with van der Waals surface area (Å²) < 4.78 is 10.00. The van der Waals surface area contributed by atoms with Crippen molar-refractivity contribution in [1.82, 2.24) is 0 Å². The van der Waals surface area contributed by atoms with E-state index in [4.69, 9.17) is 9.47 Å². The summed E-state index contributed by atoms with van der Waals surface area (Å²) in [5.74, 6) is -0.0832. The maximum atomic E-state index is 11.9. The van der Waals surface area contributed by atoms with Gasteiger partial charge in [0.2, 0.25) is 0 Å². The molecule has 0 amide bonds. The molecule has 2 aromatic rings. The summed E-state index contributed by atoms with van der Waals surface area (Å²) in [7, 11) is 2.87. The van der Waals surface area contributed by atoms with E-state index in [1.807, 2.05) is 0 Å². The Hall–Kier alpha value is -1.90. The number of hydrogen-bond donors (Lipinski definition) is 2. The molecule has 141 valence electrons. The molecule has 0 fully saturated rings. The van der Waals surface area contributed by atoms with Crippen molar-refractivity contribution in [1.29, 1.82) is 0 Å². The van der Waals surface area contributed by atoms with E-state index >= 15 is 0 Å². The smallest absolute Gasteiger partial charge is 0.163 e. The Morgan fingerprint density at radius 2 is 1.21 bits per heavy atom. The maximum absolute atomic E-state index is 11.9. The minimum absolute atomic E-state index is 0. The Bertz CT molecular complexity index is 828. The normalized spacial score (nSPS) is 10.6. The van der Waals surface area contributed by atoms with Gasteiger partial charge in [-0.15, -0.1) is 0 Å². The number of aromatic hydroxyl groups is 2. The average Bonchev–Trinajstić information content (AvgIpc) is 2.66. The zero-order valence-electron chi connectivity index (χ0n) is 16.0. The predicted molar refractivity (Wildman–Crippen MR) is 108 cm³/mol. The third-order valence-electron chi connectivity index (χ3n) is 3.68. The fourth-order valence-corrected chi connectivity index (χ4v) is 2.26. The first-order chi connectivity index (χ1) is 12.9. The molecule has 2 rings (SSSR count). The number of benzene rings is 2. The molecular formula is C21H20KO6. The molecule has 2 N–H and O–H groups in total. The molecule has 0 aliphatic heterocycles. The van der Waals surface area contributed by atoms with Gasteiger partial charge in [0.25, 0.3) is 0 Å². The summed E-state index contributed by atoms with van der Waals surface area (Å²) in [6.45, 7) is 0. The van der Waals surface area contributed by atoms with Crippen molar-refractivity contribution in [2.75, 3.05) is 14.2 Å². The number of phenols is 2. The first-order valence-corrected chi connectivity index (χ1v) is 8.08. The molecule has 0 bridgehead atoms. The fourth-order valence-electron chi connectivity index (χ4n) is 2.26. The minimum atomic E-state index is -0.347. The molecule has 6 nitrogen and oxygen atoms in total. The van der Waals surface area contributed by atoms with Crippen LogP contribution >= 0.6 is 0 Å².